The third-order valence-corrected chi connectivity index (χ3v) is 3.51. The summed E-state index contributed by atoms with van der Waals surface area (Å²) in [5, 5.41) is 0.129. The van der Waals surface area contributed by atoms with Crippen molar-refractivity contribution in [3.05, 3.63) is 53.6 Å². The molecule has 1 heterocycles. The second kappa shape index (κ2) is 4.67. The topological polar surface area (TPSA) is 17.8 Å². The Balaban J connectivity index is 2.24. The highest BCUT2D eigenvalue weighted by Crippen LogP contribution is 2.30. The SMILES string of the molecule is CCn1cnc2c(-c3ccc(F)c(Cl)c3)cccc21. The summed E-state index contributed by atoms with van der Waals surface area (Å²) in [5.41, 5.74) is 3.82. The number of rotatable bonds is 2. The number of hydrogen-bond donors (Lipinski definition) is 0. The van der Waals surface area contributed by atoms with Crippen LogP contribution < -0.4 is 0 Å². The molecule has 1 aromatic heterocycles. The molecule has 3 rings (SSSR count). The predicted octanol–water partition coefficient (Wildman–Crippen LogP) is 4.52. The van der Waals surface area contributed by atoms with Crippen molar-refractivity contribution in [3.63, 3.8) is 0 Å². The van der Waals surface area contributed by atoms with Gasteiger partial charge in [0.2, 0.25) is 0 Å². The van der Waals surface area contributed by atoms with Crippen LogP contribution in [0.5, 0.6) is 0 Å². The van der Waals surface area contributed by atoms with Crippen LogP contribution in [-0.4, -0.2) is 9.55 Å². The lowest BCUT2D eigenvalue weighted by Gasteiger charge is -2.05. The Morgan fingerprint density at radius 3 is 2.84 bits per heavy atom. The van der Waals surface area contributed by atoms with Crippen molar-refractivity contribution in [2.24, 2.45) is 0 Å². The highest BCUT2D eigenvalue weighted by Gasteiger charge is 2.09. The van der Waals surface area contributed by atoms with Crippen LogP contribution in [0.15, 0.2) is 42.7 Å². The van der Waals surface area contributed by atoms with Crippen LogP contribution in [0.2, 0.25) is 5.02 Å². The molecular weight excluding hydrogens is 263 g/mol. The first kappa shape index (κ1) is 12.2. The molecule has 3 aromatic rings. The monoisotopic (exact) mass is 274 g/mol. The Bertz CT molecular complexity index is 749. The van der Waals surface area contributed by atoms with E-state index in [4.69, 9.17) is 11.6 Å². The van der Waals surface area contributed by atoms with Gasteiger partial charge in [0, 0.05) is 12.1 Å². The molecule has 0 radical (unpaired) electrons. The van der Waals surface area contributed by atoms with E-state index in [1.807, 2.05) is 24.5 Å². The average Bonchev–Trinajstić information content (AvgIpc) is 2.85. The Labute approximate surface area is 115 Å². The number of hydrogen-bond acceptors (Lipinski definition) is 1. The molecular formula is C15H12ClFN2. The molecule has 0 aliphatic rings. The van der Waals surface area contributed by atoms with Gasteiger partial charge in [-0.2, -0.15) is 0 Å². The first-order valence-electron chi connectivity index (χ1n) is 6.10. The fourth-order valence-corrected chi connectivity index (χ4v) is 2.42. The fraction of sp³-hybridized carbons (Fsp3) is 0.133. The van der Waals surface area contributed by atoms with Gasteiger partial charge in [0.25, 0.3) is 0 Å². The number of aromatic nitrogens is 2. The number of fused-ring (bicyclic) bond motifs is 1. The van der Waals surface area contributed by atoms with E-state index in [9.17, 15) is 4.39 Å². The van der Waals surface area contributed by atoms with E-state index in [0.29, 0.717) is 0 Å². The molecule has 0 aliphatic carbocycles. The normalized spacial score (nSPS) is 11.1. The Kier molecular flexibility index (Phi) is 2.99. The highest BCUT2D eigenvalue weighted by atomic mass is 35.5. The largest absolute Gasteiger partial charge is 0.331 e. The zero-order valence-corrected chi connectivity index (χ0v) is 11.2. The molecule has 19 heavy (non-hydrogen) atoms. The molecule has 0 N–H and O–H groups in total. The number of halogens is 2. The van der Waals surface area contributed by atoms with Crippen molar-refractivity contribution in [1.82, 2.24) is 9.55 Å². The quantitative estimate of drug-likeness (QED) is 0.672. The van der Waals surface area contributed by atoms with Crippen LogP contribution in [0, 0.1) is 5.82 Å². The molecule has 2 nitrogen and oxygen atoms in total. The number of benzene rings is 2. The predicted molar refractivity (Wildman–Crippen MR) is 75.8 cm³/mol. The first-order chi connectivity index (χ1) is 9.20. The Hall–Kier alpha value is -1.87. The van der Waals surface area contributed by atoms with Crippen LogP contribution in [-0.2, 0) is 6.54 Å². The van der Waals surface area contributed by atoms with Crippen LogP contribution >= 0.6 is 11.6 Å². The maximum absolute atomic E-state index is 13.2. The molecule has 0 fully saturated rings. The van der Waals surface area contributed by atoms with Crippen LogP contribution in [0.25, 0.3) is 22.2 Å². The molecule has 0 atom stereocenters. The van der Waals surface area contributed by atoms with E-state index < -0.39 is 5.82 Å². The summed E-state index contributed by atoms with van der Waals surface area (Å²) >= 11 is 5.85. The Morgan fingerprint density at radius 2 is 2.11 bits per heavy atom. The van der Waals surface area contributed by atoms with Gasteiger partial charge in [-0.15, -0.1) is 0 Å². The van der Waals surface area contributed by atoms with Crippen molar-refractivity contribution in [3.8, 4) is 11.1 Å². The first-order valence-corrected chi connectivity index (χ1v) is 6.47. The lowest BCUT2D eigenvalue weighted by Crippen LogP contribution is -1.90. The van der Waals surface area contributed by atoms with Crippen molar-refractivity contribution in [1.29, 1.82) is 0 Å². The van der Waals surface area contributed by atoms with Gasteiger partial charge in [0.05, 0.1) is 22.4 Å². The molecule has 0 bridgehead atoms. The summed E-state index contributed by atoms with van der Waals surface area (Å²) in [5.74, 6) is -0.406. The van der Waals surface area contributed by atoms with Crippen LogP contribution in [0.1, 0.15) is 6.92 Å². The average molecular weight is 275 g/mol. The van der Waals surface area contributed by atoms with Crippen molar-refractivity contribution in [2.75, 3.05) is 0 Å². The van der Waals surface area contributed by atoms with Crippen molar-refractivity contribution in [2.45, 2.75) is 13.5 Å². The molecule has 0 spiro atoms. The molecule has 0 saturated carbocycles. The van der Waals surface area contributed by atoms with Gasteiger partial charge in [-0.05, 0) is 30.7 Å². The number of imidazole rings is 1. The van der Waals surface area contributed by atoms with Crippen LogP contribution in [0.3, 0.4) is 0 Å². The second-order valence-corrected chi connectivity index (χ2v) is 4.74. The van der Waals surface area contributed by atoms with Crippen LogP contribution in [0.4, 0.5) is 4.39 Å². The van der Waals surface area contributed by atoms with Gasteiger partial charge in [-0.25, -0.2) is 9.37 Å². The van der Waals surface area contributed by atoms with E-state index in [0.717, 1.165) is 28.7 Å². The molecule has 4 heteroatoms. The van der Waals surface area contributed by atoms with E-state index >= 15 is 0 Å². The molecule has 0 amide bonds. The molecule has 96 valence electrons. The lowest BCUT2D eigenvalue weighted by molar-refractivity contribution is 0.628. The summed E-state index contributed by atoms with van der Waals surface area (Å²) in [4.78, 5) is 4.44. The minimum atomic E-state index is -0.406. The fourth-order valence-electron chi connectivity index (χ4n) is 2.24. The van der Waals surface area contributed by atoms with Gasteiger partial charge in [0.1, 0.15) is 5.82 Å². The summed E-state index contributed by atoms with van der Waals surface area (Å²) < 4.78 is 15.3. The van der Waals surface area contributed by atoms with E-state index in [-0.39, 0.29) is 5.02 Å². The maximum Gasteiger partial charge on any atom is 0.141 e. The van der Waals surface area contributed by atoms with Gasteiger partial charge >= 0.3 is 0 Å². The third kappa shape index (κ3) is 2.00. The van der Waals surface area contributed by atoms with Gasteiger partial charge in [-0.1, -0.05) is 29.8 Å². The highest BCUT2D eigenvalue weighted by molar-refractivity contribution is 6.31. The second-order valence-electron chi connectivity index (χ2n) is 4.33. The number of para-hydroxylation sites is 1. The molecule has 2 aromatic carbocycles. The lowest BCUT2D eigenvalue weighted by atomic mass is 10.0. The van der Waals surface area contributed by atoms with Gasteiger partial charge in [0.15, 0.2) is 0 Å². The third-order valence-electron chi connectivity index (χ3n) is 3.22. The van der Waals surface area contributed by atoms with E-state index in [2.05, 4.69) is 16.5 Å². The number of aryl methyl sites for hydroxylation is 1. The number of nitrogens with zero attached hydrogens (tertiary/aromatic N) is 2. The molecule has 0 saturated heterocycles. The Morgan fingerprint density at radius 1 is 1.26 bits per heavy atom. The molecule has 0 aliphatic heterocycles. The van der Waals surface area contributed by atoms with Gasteiger partial charge in [-0.3, -0.25) is 0 Å². The summed E-state index contributed by atoms with van der Waals surface area (Å²) in [6.07, 6.45) is 1.82. The zero-order chi connectivity index (χ0) is 13.4. The zero-order valence-electron chi connectivity index (χ0n) is 10.4. The van der Waals surface area contributed by atoms with E-state index in [1.165, 1.54) is 6.07 Å². The summed E-state index contributed by atoms with van der Waals surface area (Å²) in [7, 11) is 0. The van der Waals surface area contributed by atoms with Crippen molar-refractivity contribution >= 4 is 22.6 Å². The summed E-state index contributed by atoms with van der Waals surface area (Å²) in [6, 6.07) is 10.7. The maximum atomic E-state index is 13.2. The minimum Gasteiger partial charge on any atom is -0.331 e. The molecule has 0 unspecified atom stereocenters. The summed E-state index contributed by atoms with van der Waals surface area (Å²) in [6.45, 7) is 2.94. The van der Waals surface area contributed by atoms with Gasteiger partial charge < -0.3 is 4.57 Å². The van der Waals surface area contributed by atoms with E-state index in [1.54, 1.807) is 12.1 Å². The smallest absolute Gasteiger partial charge is 0.141 e. The van der Waals surface area contributed by atoms with Crippen molar-refractivity contribution < 1.29 is 4.39 Å². The standard InChI is InChI=1S/C15H12ClFN2/c1-2-19-9-18-15-11(4-3-5-14(15)19)10-6-7-13(17)12(16)8-10/h3-9H,2H2,1H3. The minimum absolute atomic E-state index is 0.129.